The monoisotopic (exact) mass is 336 g/mol. The Morgan fingerprint density at radius 2 is 1.71 bits per heavy atom. The third-order valence-corrected chi connectivity index (χ3v) is 4.10. The van der Waals surface area contributed by atoms with Gasteiger partial charge in [-0.05, 0) is 42.2 Å². The molecule has 5 nitrogen and oxygen atoms in total. The van der Waals surface area contributed by atoms with Gasteiger partial charge in [-0.25, -0.2) is 4.98 Å². The lowest BCUT2D eigenvalue weighted by Crippen LogP contribution is -2.02. The van der Waals surface area contributed by atoms with E-state index in [1.165, 1.54) is 4.90 Å². The first kappa shape index (κ1) is 16.0. The van der Waals surface area contributed by atoms with Crippen molar-refractivity contribution in [2.45, 2.75) is 4.90 Å². The minimum Gasteiger partial charge on any atom is -0.507 e. The molecule has 1 aromatic heterocycles. The lowest BCUT2D eigenvalue weighted by atomic mass is 10.2. The summed E-state index contributed by atoms with van der Waals surface area (Å²) >= 11 is 1.70. The molecule has 3 rings (SSSR count). The second-order valence-corrected chi connectivity index (χ2v) is 5.88. The minimum absolute atomic E-state index is 0.102. The number of phenolic OH excluding ortho intramolecular Hbond substituents is 1. The Morgan fingerprint density at radius 1 is 0.958 bits per heavy atom. The number of rotatable bonds is 4. The number of thioether (sulfide) groups is 1. The maximum atomic E-state index is 9.94. The van der Waals surface area contributed by atoms with Gasteiger partial charge in [-0.3, -0.25) is 0 Å². The van der Waals surface area contributed by atoms with Crippen molar-refractivity contribution < 1.29 is 5.11 Å². The number of nitrogens with two attached hydrogens (primary N) is 1. The molecule has 0 spiro atoms. The fourth-order valence-electron chi connectivity index (χ4n) is 2.15. The summed E-state index contributed by atoms with van der Waals surface area (Å²) in [5.41, 5.74) is 7.33. The van der Waals surface area contributed by atoms with E-state index in [2.05, 4.69) is 27.1 Å². The maximum Gasteiger partial charge on any atom is 0.224 e. The number of hydrogen-bond donors (Lipinski definition) is 2. The first-order valence-corrected chi connectivity index (χ1v) is 8.50. The van der Waals surface area contributed by atoms with Crippen LogP contribution < -0.4 is 5.73 Å². The molecule has 1 heterocycles. The van der Waals surface area contributed by atoms with Gasteiger partial charge in [0, 0.05) is 4.90 Å². The maximum absolute atomic E-state index is 9.94. The van der Waals surface area contributed by atoms with E-state index in [9.17, 15) is 5.11 Å². The number of aromatic hydroxyl groups is 1. The van der Waals surface area contributed by atoms with E-state index in [-0.39, 0.29) is 11.7 Å². The minimum atomic E-state index is 0.102. The van der Waals surface area contributed by atoms with Gasteiger partial charge >= 0.3 is 0 Å². The third kappa shape index (κ3) is 3.72. The van der Waals surface area contributed by atoms with Crippen molar-refractivity contribution in [3.63, 3.8) is 0 Å². The molecule has 24 heavy (non-hydrogen) atoms. The van der Waals surface area contributed by atoms with Gasteiger partial charge in [0.15, 0.2) is 11.6 Å². The zero-order valence-electron chi connectivity index (χ0n) is 13.0. The molecule has 0 fully saturated rings. The summed E-state index contributed by atoms with van der Waals surface area (Å²) in [7, 11) is 0. The van der Waals surface area contributed by atoms with Crippen LogP contribution in [-0.2, 0) is 0 Å². The molecule has 0 saturated heterocycles. The molecule has 0 atom stereocenters. The number of aromatic nitrogens is 3. The van der Waals surface area contributed by atoms with Crippen molar-refractivity contribution in [3.05, 3.63) is 59.9 Å². The normalized spacial score (nSPS) is 11.0. The lowest BCUT2D eigenvalue weighted by Gasteiger charge is -2.04. The van der Waals surface area contributed by atoms with Crippen LogP contribution in [0, 0.1) is 0 Å². The number of para-hydroxylation sites is 1. The number of phenols is 1. The summed E-state index contributed by atoms with van der Waals surface area (Å²) in [6, 6.07) is 15.0. The number of nitrogens with zero attached hydrogens (tertiary/aromatic N) is 3. The highest BCUT2D eigenvalue weighted by atomic mass is 32.2. The van der Waals surface area contributed by atoms with E-state index < -0.39 is 0 Å². The van der Waals surface area contributed by atoms with E-state index in [4.69, 9.17) is 5.73 Å². The van der Waals surface area contributed by atoms with Crippen molar-refractivity contribution in [2.75, 3.05) is 12.0 Å². The summed E-state index contributed by atoms with van der Waals surface area (Å²) in [6.45, 7) is 0. The summed E-state index contributed by atoms with van der Waals surface area (Å²) in [5, 5.41) is 9.94. The van der Waals surface area contributed by atoms with Crippen molar-refractivity contribution in [2.24, 2.45) is 0 Å². The highest BCUT2D eigenvalue weighted by Gasteiger charge is 2.09. The van der Waals surface area contributed by atoms with E-state index in [0.717, 1.165) is 5.56 Å². The van der Waals surface area contributed by atoms with Gasteiger partial charge in [0.1, 0.15) is 5.75 Å². The average Bonchev–Trinajstić information content (AvgIpc) is 2.60. The fourth-order valence-corrected chi connectivity index (χ4v) is 2.56. The van der Waals surface area contributed by atoms with Crippen molar-refractivity contribution in [1.82, 2.24) is 15.0 Å². The quantitative estimate of drug-likeness (QED) is 0.706. The molecule has 0 unspecified atom stereocenters. The van der Waals surface area contributed by atoms with E-state index in [0.29, 0.717) is 17.2 Å². The van der Waals surface area contributed by atoms with Crippen LogP contribution in [-0.4, -0.2) is 26.3 Å². The highest BCUT2D eigenvalue weighted by Crippen LogP contribution is 2.26. The van der Waals surface area contributed by atoms with Gasteiger partial charge in [-0.15, -0.1) is 11.8 Å². The van der Waals surface area contributed by atoms with Crippen molar-refractivity contribution in [1.29, 1.82) is 0 Å². The third-order valence-electron chi connectivity index (χ3n) is 3.36. The molecular formula is C18H16N4OS. The molecule has 0 aliphatic rings. The van der Waals surface area contributed by atoms with Gasteiger partial charge in [0.25, 0.3) is 0 Å². The van der Waals surface area contributed by atoms with Crippen LogP contribution >= 0.6 is 11.8 Å². The Balaban J connectivity index is 1.91. The molecule has 3 N–H and O–H groups in total. The topological polar surface area (TPSA) is 84.9 Å². The van der Waals surface area contributed by atoms with E-state index >= 15 is 0 Å². The largest absolute Gasteiger partial charge is 0.507 e. The van der Waals surface area contributed by atoms with Crippen LogP contribution in [0.25, 0.3) is 23.5 Å². The van der Waals surface area contributed by atoms with Crippen LogP contribution in [0.4, 0.5) is 5.95 Å². The molecule has 120 valence electrons. The Bertz CT molecular complexity index is 878. The molecule has 0 bridgehead atoms. The van der Waals surface area contributed by atoms with Gasteiger partial charge < -0.3 is 10.8 Å². The first-order chi connectivity index (χ1) is 11.7. The van der Waals surface area contributed by atoms with Gasteiger partial charge in [-0.1, -0.05) is 30.3 Å². The molecule has 6 heteroatoms. The molecule has 0 aliphatic heterocycles. The molecule has 2 aromatic carbocycles. The van der Waals surface area contributed by atoms with Crippen molar-refractivity contribution >= 4 is 29.9 Å². The molecule has 0 radical (unpaired) electrons. The highest BCUT2D eigenvalue weighted by molar-refractivity contribution is 7.98. The van der Waals surface area contributed by atoms with Crippen LogP contribution in [0.2, 0.25) is 0 Å². The van der Waals surface area contributed by atoms with Gasteiger partial charge in [0.05, 0.1) is 5.56 Å². The molecule has 0 amide bonds. The lowest BCUT2D eigenvalue weighted by molar-refractivity contribution is 0.477. The summed E-state index contributed by atoms with van der Waals surface area (Å²) in [5.74, 6) is 0.999. The zero-order chi connectivity index (χ0) is 16.9. The fraction of sp³-hybridized carbons (Fsp3) is 0.0556. The summed E-state index contributed by atoms with van der Waals surface area (Å²) in [6.07, 6.45) is 5.72. The van der Waals surface area contributed by atoms with Crippen LogP contribution in [0.5, 0.6) is 5.75 Å². The van der Waals surface area contributed by atoms with E-state index in [1.807, 2.05) is 24.5 Å². The standard InChI is InChI=1S/C18H16N4OS/c1-24-13-9-6-12(7-10-13)8-11-16-20-17(22-18(19)21-16)14-4-2-3-5-15(14)23/h2-11,23H,1H3,(H2,19,20,21,22)/b11-8+. The molecule has 0 aliphatic carbocycles. The molecular weight excluding hydrogens is 320 g/mol. The smallest absolute Gasteiger partial charge is 0.224 e. The number of anilines is 1. The summed E-state index contributed by atoms with van der Waals surface area (Å²) in [4.78, 5) is 13.8. The first-order valence-electron chi connectivity index (χ1n) is 7.28. The Morgan fingerprint density at radius 3 is 2.42 bits per heavy atom. The van der Waals surface area contributed by atoms with Crippen LogP contribution in [0.3, 0.4) is 0 Å². The average molecular weight is 336 g/mol. The Kier molecular flexibility index (Phi) is 4.77. The Hall–Kier alpha value is -2.86. The van der Waals surface area contributed by atoms with Gasteiger partial charge in [-0.2, -0.15) is 9.97 Å². The molecule has 0 saturated carbocycles. The predicted octanol–water partition coefficient (Wildman–Crippen LogP) is 3.72. The van der Waals surface area contributed by atoms with E-state index in [1.54, 1.807) is 42.1 Å². The van der Waals surface area contributed by atoms with Gasteiger partial charge in [0.2, 0.25) is 5.95 Å². The number of nitrogen functional groups attached to an aromatic ring is 1. The Labute approximate surface area is 144 Å². The predicted molar refractivity (Wildman–Crippen MR) is 98.5 cm³/mol. The van der Waals surface area contributed by atoms with Crippen LogP contribution in [0.15, 0.2) is 53.4 Å². The van der Waals surface area contributed by atoms with Crippen molar-refractivity contribution in [3.8, 4) is 17.1 Å². The zero-order valence-corrected chi connectivity index (χ0v) is 13.9. The summed E-state index contributed by atoms with van der Waals surface area (Å²) < 4.78 is 0. The second kappa shape index (κ2) is 7.14. The number of hydrogen-bond acceptors (Lipinski definition) is 6. The molecule has 3 aromatic rings. The second-order valence-electron chi connectivity index (χ2n) is 5.00. The SMILES string of the molecule is CSc1ccc(/C=C/c2nc(N)nc(-c3ccccc3O)n2)cc1. The van der Waals surface area contributed by atoms with Crippen LogP contribution in [0.1, 0.15) is 11.4 Å². The number of benzene rings is 2.